The van der Waals surface area contributed by atoms with Crippen LogP contribution in [0.1, 0.15) is 86.7 Å². The van der Waals surface area contributed by atoms with Crippen molar-refractivity contribution in [2.45, 2.75) is 89.1 Å². The zero-order valence-electron chi connectivity index (χ0n) is 27.4. The Morgan fingerprint density at radius 1 is 1.11 bits per heavy atom. The zero-order chi connectivity index (χ0) is 33.2. The molecule has 0 aromatic heterocycles. The Bertz CT molecular complexity index is 1550. The third kappa shape index (κ3) is 7.83. The van der Waals surface area contributed by atoms with Gasteiger partial charge in [0, 0.05) is 44.2 Å². The van der Waals surface area contributed by atoms with Crippen LogP contribution in [-0.2, 0) is 23.1 Å². The van der Waals surface area contributed by atoms with E-state index in [9.17, 15) is 18.3 Å². The number of carbonyl (C=O) groups excluding carboxylic acids is 1. The van der Waals surface area contributed by atoms with Crippen LogP contribution in [0.4, 0.5) is 5.69 Å². The smallest absolute Gasteiger partial charge is 0.264 e. The van der Waals surface area contributed by atoms with E-state index in [0.29, 0.717) is 54.6 Å². The lowest BCUT2D eigenvalue weighted by atomic mass is 9.62. The third-order valence-corrected chi connectivity index (χ3v) is 13.2. The number of hydrogen-bond donors (Lipinski definition) is 2. The van der Waals surface area contributed by atoms with Crippen LogP contribution in [0.25, 0.3) is 0 Å². The summed E-state index contributed by atoms with van der Waals surface area (Å²) in [4.78, 5) is 18.3. The highest BCUT2D eigenvalue weighted by atomic mass is 35.5. The lowest BCUT2D eigenvalue weighted by molar-refractivity contribution is -0.0838. The number of sulfonamides is 1. The number of ether oxygens (including phenoxy) is 1. The standard InChI is InChI=1S/C35H48ClN3O5S2/c1-23-8-7-16-35(41,20-33(45)38(3)4)30-14-11-27(30)21-39-17-6-5-9-25-18-29(36)13-10-28(25)22-44-32-15-12-26(19-31(32)39)34(40)37-46(42,43)24(23)2/h10,12-13,15,18-19,23-24,27,30,41H,5-9,11,14,16-17,20-22H2,1-4H3,(H,37,40)/t23-,24+,27-,30+,35+/m0/s1. The van der Waals surface area contributed by atoms with Crippen molar-refractivity contribution < 1.29 is 23.1 Å². The van der Waals surface area contributed by atoms with Crippen molar-refractivity contribution in [2.75, 3.05) is 32.1 Å². The predicted octanol–water partition coefficient (Wildman–Crippen LogP) is 6.37. The van der Waals surface area contributed by atoms with Gasteiger partial charge in [0.05, 0.1) is 21.5 Å². The Morgan fingerprint density at radius 2 is 1.89 bits per heavy atom. The number of hydrogen-bond acceptors (Lipinski definition) is 7. The number of amides is 1. The lowest BCUT2D eigenvalue weighted by Crippen LogP contribution is -2.52. The van der Waals surface area contributed by atoms with E-state index in [1.807, 2.05) is 44.1 Å². The fourth-order valence-corrected chi connectivity index (χ4v) is 8.99. The van der Waals surface area contributed by atoms with Gasteiger partial charge in [-0.05, 0) is 111 Å². The molecule has 2 N–H and O–H groups in total. The SMILES string of the molecule is C[C@@H]1[C@@H](C)CCC[C@@](O)(CC(=S)N(C)C)[C@@H]2CC[C@H]2CN2CCCCc3cc(Cl)ccc3COc3ccc(cc32)C(=O)NS1(=O)=O. The van der Waals surface area contributed by atoms with Crippen LogP contribution in [0.15, 0.2) is 36.4 Å². The first-order chi connectivity index (χ1) is 21.8. The van der Waals surface area contributed by atoms with Crippen LogP contribution in [-0.4, -0.2) is 67.4 Å². The van der Waals surface area contributed by atoms with E-state index in [2.05, 4.69) is 9.62 Å². The number of aliphatic hydroxyl groups is 1. The minimum atomic E-state index is -3.95. The van der Waals surface area contributed by atoms with E-state index in [0.717, 1.165) is 49.9 Å². The number of aryl methyl sites for hydroxylation is 1. The van der Waals surface area contributed by atoms with Gasteiger partial charge in [0.15, 0.2) is 0 Å². The summed E-state index contributed by atoms with van der Waals surface area (Å²) in [6.07, 6.45) is 6.84. The largest absolute Gasteiger partial charge is 0.487 e. The number of rotatable bonds is 2. The number of anilines is 1. The maximum Gasteiger partial charge on any atom is 0.264 e. The van der Waals surface area contributed by atoms with E-state index >= 15 is 0 Å². The topological polar surface area (TPSA) is 99.2 Å². The minimum Gasteiger partial charge on any atom is -0.487 e. The average molecular weight is 690 g/mol. The molecule has 0 saturated heterocycles. The third-order valence-electron chi connectivity index (χ3n) is 10.6. The number of nitrogens with zero attached hydrogens (tertiary/aromatic N) is 2. The van der Waals surface area contributed by atoms with Crippen molar-refractivity contribution in [3.8, 4) is 5.75 Å². The Kier molecular flexibility index (Phi) is 10.9. The molecule has 252 valence electrons. The van der Waals surface area contributed by atoms with Crippen molar-refractivity contribution in [1.29, 1.82) is 0 Å². The van der Waals surface area contributed by atoms with E-state index in [4.69, 9.17) is 28.6 Å². The molecule has 1 saturated carbocycles. The number of benzene rings is 2. The molecule has 8 nitrogen and oxygen atoms in total. The first-order valence-corrected chi connectivity index (χ1v) is 18.9. The van der Waals surface area contributed by atoms with Gasteiger partial charge in [-0.3, -0.25) is 4.79 Å². The molecule has 2 bridgehead atoms. The second-order valence-electron chi connectivity index (χ2n) is 13.9. The summed E-state index contributed by atoms with van der Waals surface area (Å²) in [5.74, 6) is 0.0530. The molecular weight excluding hydrogens is 642 g/mol. The van der Waals surface area contributed by atoms with E-state index in [1.54, 1.807) is 25.1 Å². The van der Waals surface area contributed by atoms with Gasteiger partial charge in [0.1, 0.15) is 12.4 Å². The molecule has 5 rings (SSSR count). The normalized spacial score (nSPS) is 28.7. The fourth-order valence-electron chi connectivity index (χ4n) is 7.23. The molecule has 1 aliphatic carbocycles. The van der Waals surface area contributed by atoms with Crippen LogP contribution in [0.5, 0.6) is 5.75 Å². The second-order valence-corrected chi connectivity index (χ2v) is 16.8. The molecule has 5 atom stereocenters. The van der Waals surface area contributed by atoms with Gasteiger partial charge in [-0.1, -0.05) is 43.2 Å². The first-order valence-electron chi connectivity index (χ1n) is 16.5. The summed E-state index contributed by atoms with van der Waals surface area (Å²) in [5.41, 5.74) is 2.26. The van der Waals surface area contributed by atoms with Crippen LogP contribution in [0.3, 0.4) is 0 Å². The monoisotopic (exact) mass is 689 g/mol. The zero-order valence-corrected chi connectivity index (χ0v) is 29.8. The molecule has 11 heteroatoms. The molecule has 1 fully saturated rings. The lowest BCUT2D eigenvalue weighted by Gasteiger charge is -2.50. The molecule has 46 heavy (non-hydrogen) atoms. The molecule has 0 spiro atoms. The molecule has 0 unspecified atom stereocenters. The first kappa shape index (κ1) is 34.9. The molecule has 2 aliphatic heterocycles. The molecule has 2 aromatic rings. The van der Waals surface area contributed by atoms with Gasteiger partial charge in [-0.15, -0.1) is 0 Å². The predicted molar refractivity (Wildman–Crippen MR) is 188 cm³/mol. The van der Waals surface area contributed by atoms with Gasteiger partial charge >= 0.3 is 0 Å². The Balaban J connectivity index is 1.56. The van der Waals surface area contributed by atoms with Crippen LogP contribution in [0.2, 0.25) is 5.02 Å². The van der Waals surface area contributed by atoms with Crippen molar-refractivity contribution in [3.05, 3.63) is 58.1 Å². The molecule has 0 radical (unpaired) electrons. The number of thiocarbonyl (C=S) groups is 1. The maximum absolute atomic E-state index is 13.4. The molecule has 1 amide bonds. The van der Waals surface area contributed by atoms with Crippen LogP contribution in [0, 0.1) is 17.8 Å². The summed E-state index contributed by atoms with van der Waals surface area (Å²) in [6.45, 7) is 5.30. The summed E-state index contributed by atoms with van der Waals surface area (Å²) < 4.78 is 35.5. The Morgan fingerprint density at radius 3 is 2.61 bits per heavy atom. The van der Waals surface area contributed by atoms with E-state index in [-0.39, 0.29) is 23.3 Å². The highest BCUT2D eigenvalue weighted by Gasteiger charge is 2.47. The Labute approximate surface area is 284 Å². The van der Waals surface area contributed by atoms with Crippen molar-refractivity contribution in [2.24, 2.45) is 17.8 Å². The van der Waals surface area contributed by atoms with E-state index < -0.39 is 26.8 Å². The second kappa shape index (κ2) is 14.4. The fraction of sp³-hybridized carbons (Fsp3) is 0.600. The van der Waals surface area contributed by atoms with Crippen molar-refractivity contribution >= 4 is 50.4 Å². The molecular formula is C35H48ClN3O5S2. The van der Waals surface area contributed by atoms with Gasteiger partial charge in [0.25, 0.3) is 5.91 Å². The van der Waals surface area contributed by atoms with Crippen molar-refractivity contribution in [1.82, 2.24) is 9.62 Å². The van der Waals surface area contributed by atoms with Gasteiger partial charge in [0.2, 0.25) is 10.0 Å². The summed E-state index contributed by atoms with van der Waals surface area (Å²) in [5, 5.41) is 12.3. The quantitative estimate of drug-likeness (QED) is 0.352. The van der Waals surface area contributed by atoms with Gasteiger partial charge < -0.3 is 19.6 Å². The number of fused-ring (bicyclic) bond motifs is 3. The number of carbonyl (C=O) groups is 1. The highest BCUT2D eigenvalue weighted by Crippen LogP contribution is 2.47. The highest BCUT2D eigenvalue weighted by molar-refractivity contribution is 7.90. The molecule has 2 aromatic carbocycles. The summed E-state index contributed by atoms with van der Waals surface area (Å²) in [6, 6.07) is 11.1. The average Bonchev–Trinajstić information content (AvgIpc) is 3.01. The van der Waals surface area contributed by atoms with Gasteiger partial charge in [-0.2, -0.15) is 0 Å². The van der Waals surface area contributed by atoms with Crippen molar-refractivity contribution in [3.63, 3.8) is 0 Å². The Hall–Kier alpha value is -2.40. The minimum absolute atomic E-state index is 0.0511. The summed E-state index contributed by atoms with van der Waals surface area (Å²) in [7, 11) is -0.120. The number of nitrogens with one attached hydrogen (secondary N) is 1. The van der Waals surface area contributed by atoms with E-state index in [1.165, 1.54) is 5.56 Å². The molecule has 3 aliphatic rings. The number of halogens is 1. The maximum atomic E-state index is 13.4. The molecule has 2 heterocycles. The van der Waals surface area contributed by atoms with Gasteiger partial charge in [-0.25, -0.2) is 13.1 Å². The van der Waals surface area contributed by atoms with Crippen LogP contribution >= 0.6 is 23.8 Å². The van der Waals surface area contributed by atoms with Crippen LogP contribution < -0.4 is 14.4 Å². The summed E-state index contributed by atoms with van der Waals surface area (Å²) >= 11 is 12.1.